The van der Waals surface area contributed by atoms with E-state index in [2.05, 4.69) is 30.3 Å². The van der Waals surface area contributed by atoms with Crippen LogP contribution < -0.4 is 5.73 Å². The number of hydrogen-bond donors (Lipinski definition) is 1. The molecule has 3 atom stereocenters. The lowest BCUT2D eigenvalue weighted by Crippen LogP contribution is -2.59. The van der Waals surface area contributed by atoms with E-state index in [0.717, 1.165) is 6.42 Å². The Labute approximate surface area is 142 Å². The minimum Gasteiger partial charge on any atom is -0.386 e. The van der Waals surface area contributed by atoms with E-state index in [1.807, 2.05) is 0 Å². The molecule has 0 spiro atoms. The van der Waals surface area contributed by atoms with Gasteiger partial charge in [-0.1, -0.05) is 0 Å². The van der Waals surface area contributed by atoms with E-state index >= 15 is 0 Å². The topological polar surface area (TPSA) is 80.7 Å². The van der Waals surface area contributed by atoms with Gasteiger partial charge in [0.25, 0.3) is 0 Å². The van der Waals surface area contributed by atoms with Gasteiger partial charge in [0.15, 0.2) is 0 Å². The van der Waals surface area contributed by atoms with Crippen molar-refractivity contribution < 1.29 is 13.0 Å². The number of fused-ring (bicyclic) bond motifs is 1. The lowest BCUT2D eigenvalue weighted by atomic mass is 9.96. The third-order valence-electron chi connectivity index (χ3n) is 4.60. The van der Waals surface area contributed by atoms with Gasteiger partial charge in [-0.2, -0.15) is 0 Å². The molecule has 2 aliphatic heterocycles. The molecule has 2 N–H and O–H groups in total. The van der Waals surface area contributed by atoms with Crippen LogP contribution in [0.2, 0.25) is 0 Å². The van der Waals surface area contributed by atoms with E-state index in [1.54, 1.807) is 6.92 Å². The zero-order valence-electron chi connectivity index (χ0n) is 12.6. The second-order valence-electron chi connectivity index (χ2n) is 6.10. The molecule has 1 aromatic heterocycles. The molecule has 126 valence electrons. The van der Waals surface area contributed by atoms with Crippen molar-refractivity contribution in [2.75, 3.05) is 19.0 Å². The summed E-state index contributed by atoms with van der Waals surface area (Å²) in [5.74, 6) is -0.852. The summed E-state index contributed by atoms with van der Waals surface area (Å²) in [6.45, 7) is 1.12. The number of hydrogen-bond acceptors (Lipinski definition) is 5. The highest BCUT2D eigenvalue weighted by molar-refractivity contribution is 9.10. The summed E-state index contributed by atoms with van der Waals surface area (Å²) in [7, 11) is -2.87. The molecule has 9 heteroatoms. The predicted octanol–water partition coefficient (Wildman–Crippen LogP) is 2.54. The van der Waals surface area contributed by atoms with Crippen LogP contribution in [0, 0.1) is 5.82 Å². The molecular formula is C14H17BrF2N4OS. The molecule has 0 saturated heterocycles. The Morgan fingerprint density at radius 3 is 2.91 bits per heavy atom. The van der Waals surface area contributed by atoms with Gasteiger partial charge in [-0.25, -0.2) is 22.3 Å². The lowest BCUT2D eigenvalue weighted by molar-refractivity contribution is 0.316. The zero-order valence-corrected chi connectivity index (χ0v) is 15.0. The highest BCUT2D eigenvalue weighted by atomic mass is 79.9. The van der Waals surface area contributed by atoms with Crippen molar-refractivity contribution in [2.45, 2.75) is 30.1 Å². The van der Waals surface area contributed by atoms with Gasteiger partial charge in [0.05, 0.1) is 15.5 Å². The van der Waals surface area contributed by atoms with E-state index < -0.39 is 32.5 Å². The minimum atomic E-state index is -2.87. The van der Waals surface area contributed by atoms with Crippen molar-refractivity contribution in [3.05, 3.63) is 28.2 Å². The molecule has 0 radical (unpaired) electrons. The Hall–Kier alpha value is -1.09. The van der Waals surface area contributed by atoms with Gasteiger partial charge in [-0.05, 0) is 47.8 Å². The average Bonchev–Trinajstić information content (AvgIpc) is 2.51. The number of halogens is 3. The Kier molecular flexibility index (Phi) is 3.99. The molecule has 0 aliphatic carbocycles. The normalized spacial score (nSPS) is 36.8. The summed E-state index contributed by atoms with van der Waals surface area (Å²) in [6, 6.07) is 2.59. The van der Waals surface area contributed by atoms with Crippen LogP contribution in [-0.2, 0) is 15.3 Å². The summed E-state index contributed by atoms with van der Waals surface area (Å²) in [5.41, 5.74) is 4.18. The Morgan fingerprint density at radius 1 is 1.48 bits per heavy atom. The van der Waals surface area contributed by atoms with Crippen LogP contribution in [-0.4, -0.2) is 38.7 Å². The molecule has 0 bridgehead atoms. The first kappa shape index (κ1) is 16.8. The first-order valence-corrected chi connectivity index (χ1v) is 9.69. The highest BCUT2D eigenvalue weighted by Crippen LogP contribution is 2.42. The van der Waals surface area contributed by atoms with Crippen molar-refractivity contribution in [3.8, 4) is 0 Å². The van der Waals surface area contributed by atoms with E-state index in [0.29, 0.717) is 17.6 Å². The van der Waals surface area contributed by atoms with Gasteiger partial charge in [0.1, 0.15) is 38.9 Å². The van der Waals surface area contributed by atoms with Crippen LogP contribution in [0.25, 0.3) is 0 Å². The molecule has 1 aromatic rings. The Balaban J connectivity index is 2.26. The molecule has 0 aromatic carbocycles. The van der Waals surface area contributed by atoms with Crippen molar-refractivity contribution >= 4 is 31.5 Å². The first-order chi connectivity index (χ1) is 10.8. The zero-order chi connectivity index (χ0) is 16.9. The molecular weight excluding hydrogens is 390 g/mol. The summed E-state index contributed by atoms with van der Waals surface area (Å²) in [6.07, 6.45) is 1.32. The largest absolute Gasteiger partial charge is 0.386 e. The van der Waals surface area contributed by atoms with E-state index in [4.69, 9.17) is 5.73 Å². The summed E-state index contributed by atoms with van der Waals surface area (Å²) in [4.78, 5) is 8.30. The second kappa shape index (κ2) is 5.47. The summed E-state index contributed by atoms with van der Waals surface area (Å²) >= 11 is 3.15. The minimum absolute atomic E-state index is 0.0658. The maximum absolute atomic E-state index is 14.3. The highest BCUT2D eigenvalue weighted by Gasteiger charge is 2.53. The van der Waals surface area contributed by atoms with E-state index in [-0.39, 0.29) is 17.3 Å². The van der Waals surface area contributed by atoms with Crippen molar-refractivity contribution in [3.63, 3.8) is 0 Å². The van der Waals surface area contributed by atoms with Crippen LogP contribution >= 0.6 is 15.9 Å². The second-order valence-corrected chi connectivity index (χ2v) is 9.64. The molecule has 3 heterocycles. The average molecular weight is 407 g/mol. The first-order valence-electron chi connectivity index (χ1n) is 7.21. The van der Waals surface area contributed by atoms with Gasteiger partial charge in [-0.15, -0.1) is 0 Å². The maximum atomic E-state index is 14.3. The number of aromatic nitrogens is 1. The molecule has 0 amide bonds. The van der Waals surface area contributed by atoms with Gasteiger partial charge in [0.2, 0.25) is 0 Å². The molecule has 0 fully saturated rings. The maximum Gasteiger partial charge on any atom is 0.148 e. The van der Waals surface area contributed by atoms with Gasteiger partial charge in [0, 0.05) is 6.54 Å². The number of nitrogens with zero attached hydrogens (tertiary/aromatic N) is 3. The number of amidine groups is 1. The van der Waals surface area contributed by atoms with E-state index in [1.165, 1.54) is 12.1 Å². The van der Waals surface area contributed by atoms with Gasteiger partial charge < -0.3 is 5.73 Å². The third-order valence-corrected chi connectivity index (χ3v) is 8.33. The monoisotopic (exact) mass is 406 g/mol. The molecule has 2 aliphatic rings. The summed E-state index contributed by atoms with van der Waals surface area (Å²) in [5, 5.41) is 0. The summed E-state index contributed by atoms with van der Waals surface area (Å²) < 4.78 is 45.4. The van der Waals surface area contributed by atoms with Crippen LogP contribution in [0.3, 0.4) is 0 Å². The Morgan fingerprint density at radius 2 is 2.22 bits per heavy atom. The smallest absolute Gasteiger partial charge is 0.148 e. The molecule has 23 heavy (non-hydrogen) atoms. The number of pyridine rings is 1. The fourth-order valence-electron chi connectivity index (χ4n) is 3.13. The molecule has 0 saturated carbocycles. The van der Waals surface area contributed by atoms with Crippen LogP contribution in [0.1, 0.15) is 25.5 Å². The molecule has 0 unspecified atom stereocenters. The van der Waals surface area contributed by atoms with Crippen LogP contribution in [0.4, 0.5) is 8.78 Å². The van der Waals surface area contributed by atoms with Gasteiger partial charge in [-0.3, -0.25) is 4.99 Å². The molecule has 5 nitrogen and oxygen atoms in total. The number of aliphatic imine (C=N–C) groups is 1. The lowest BCUT2D eigenvalue weighted by Gasteiger charge is -2.44. The van der Waals surface area contributed by atoms with Crippen LogP contribution in [0.15, 0.2) is 26.1 Å². The fraction of sp³-hybridized carbons (Fsp3) is 0.571. The molecule has 3 rings (SSSR count). The number of rotatable bonds is 2. The predicted molar refractivity (Wildman–Crippen MR) is 89.1 cm³/mol. The third kappa shape index (κ3) is 2.39. The quantitative estimate of drug-likeness (QED) is 0.766. The van der Waals surface area contributed by atoms with Crippen molar-refractivity contribution in [1.29, 1.82) is 0 Å². The van der Waals surface area contributed by atoms with Crippen LogP contribution in [0.5, 0.6) is 0 Å². The fourth-order valence-corrected chi connectivity index (χ4v) is 6.32. The SMILES string of the molecule is C[C@@]12CCCN=[S@]1(=O)C[C@@](CF)(c1nc(Br)ccc1F)N=C2N. The van der Waals surface area contributed by atoms with Gasteiger partial charge >= 0.3 is 0 Å². The number of alkyl halides is 1. The standard InChI is InChI=1S/C14H17BrF2N4OS/c1-13-5-2-6-19-23(13,22)8-14(7-16,21-12(13)18)11-9(17)3-4-10(15)20-11/h3-4H,2,5-8H2,1H3,(H2,18,21)/t13-,14-,23-/m0/s1. The number of nitrogens with two attached hydrogens (primary N) is 1. The van der Waals surface area contributed by atoms with E-state index in [9.17, 15) is 13.0 Å². The Bertz CT molecular complexity index is 808. The van der Waals surface area contributed by atoms with Crippen molar-refractivity contribution in [1.82, 2.24) is 4.98 Å². The van der Waals surface area contributed by atoms with Crippen molar-refractivity contribution in [2.24, 2.45) is 15.1 Å².